The van der Waals surface area contributed by atoms with E-state index >= 15 is 0 Å². The van der Waals surface area contributed by atoms with E-state index in [-0.39, 0.29) is 0 Å². The van der Waals surface area contributed by atoms with Gasteiger partial charge in [0.2, 0.25) is 0 Å². The molecule has 138 valence electrons. The van der Waals surface area contributed by atoms with Crippen LogP contribution in [0.3, 0.4) is 0 Å². The zero-order valence-corrected chi connectivity index (χ0v) is 22.5. The molecule has 0 heterocycles. The Morgan fingerprint density at radius 3 is 1.28 bits per heavy atom. The van der Waals surface area contributed by atoms with Crippen molar-refractivity contribution in [3.8, 4) is 23.0 Å². The Morgan fingerprint density at radius 2 is 1.00 bits per heavy atom. The van der Waals surface area contributed by atoms with Crippen LogP contribution in [0.5, 0.6) is 23.0 Å². The summed E-state index contributed by atoms with van der Waals surface area (Å²) >= 11 is 11.7. The van der Waals surface area contributed by atoms with Gasteiger partial charge in [0.15, 0.2) is 0 Å². The van der Waals surface area contributed by atoms with Gasteiger partial charge in [0.25, 0.3) is 0 Å². The summed E-state index contributed by atoms with van der Waals surface area (Å²) in [5.41, 5.74) is 0. The van der Waals surface area contributed by atoms with Crippen molar-refractivity contribution >= 4 is 78.4 Å². The van der Waals surface area contributed by atoms with Gasteiger partial charge in [-0.15, -0.1) is 0 Å². The van der Waals surface area contributed by atoms with Gasteiger partial charge in [0.05, 0.1) is 0 Å². The molecule has 2 aromatic rings. The first kappa shape index (κ1) is 21.6. The van der Waals surface area contributed by atoms with Crippen LogP contribution in [0.25, 0.3) is 0 Å². The summed E-state index contributed by atoms with van der Waals surface area (Å²) in [5, 5.41) is 0. The van der Waals surface area contributed by atoms with Crippen LogP contribution < -0.4 is 26.2 Å². The number of hydrogen-bond donors (Lipinski definition) is 0. The van der Waals surface area contributed by atoms with E-state index in [1.165, 1.54) is 0 Å². The molecule has 0 spiro atoms. The van der Waals surface area contributed by atoms with Gasteiger partial charge in [0.1, 0.15) is 0 Å². The second kappa shape index (κ2) is 9.03. The van der Waals surface area contributed by atoms with Crippen LogP contribution in [-0.4, -0.2) is 42.2 Å². The van der Waals surface area contributed by atoms with Crippen molar-refractivity contribution < 1.29 is 18.9 Å². The minimum atomic E-state index is -3.38. The third-order valence-corrected chi connectivity index (χ3v) is 18.5. The Bertz CT molecular complexity index is 720. The number of rotatable bonds is 6. The average molecular weight is 720 g/mol. The van der Waals surface area contributed by atoms with E-state index < -0.39 is 13.8 Å². The Hall–Kier alpha value is 0.350. The molecule has 0 bridgehead atoms. The molecule has 0 unspecified atom stereocenters. The molecule has 0 saturated carbocycles. The van der Waals surface area contributed by atoms with Crippen molar-refractivity contribution in [1.82, 2.24) is 0 Å². The van der Waals surface area contributed by atoms with Gasteiger partial charge in [-0.3, -0.25) is 0 Å². The van der Waals surface area contributed by atoms with Crippen LogP contribution >= 0.6 is 57.4 Å². The maximum atomic E-state index is 5.67. The average Bonchev–Trinajstić information content (AvgIpc) is 2.60. The standard InChI is InChI=1S/C16H16Br4O4Te/c1-21-11-7-5-9(17)13(23-3)15(11)25(19,20)16-12(22-2)8-6-10(18)14(16)24-4/h5-8H,1-4H3. The van der Waals surface area contributed by atoms with Crippen LogP contribution in [0.2, 0.25) is 0 Å². The summed E-state index contributed by atoms with van der Waals surface area (Å²) in [6.45, 7) is 0. The summed E-state index contributed by atoms with van der Waals surface area (Å²) in [7, 11) is 6.55. The molecule has 0 aromatic heterocycles. The van der Waals surface area contributed by atoms with Crippen molar-refractivity contribution in [1.29, 1.82) is 0 Å². The second-order valence-electron chi connectivity index (χ2n) is 4.69. The molecule has 4 nitrogen and oxygen atoms in total. The Morgan fingerprint density at radius 1 is 0.640 bits per heavy atom. The Kier molecular flexibility index (Phi) is 7.82. The van der Waals surface area contributed by atoms with Crippen molar-refractivity contribution in [2.45, 2.75) is 0 Å². The molecule has 0 radical (unpaired) electrons. The van der Waals surface area contributed by atoms with Crippen molar-refractivity contribution in [2.75, 3.05) is 28.4 Å². The fraction of sp³-hybridized carbons (Fsp3) is 0.250. The molecule has 9 heteroatoms. The van der Waals surface area contributed by atoms with Crippen LogP contribution in [0.4, 0.5) is 0 Å². The number of benzene rings is 2. The summed E-state index contributed by atoms with van der Waals surface area (Å²) < 4.78 is 26.1. The van der Waals surface area contributed by atoms with Gasteiger partial charge in [-0.2, -0.15) is 0 Å². The normalized spacial score (nSPS) is 11.8. The van der Waals surface area contributed by atoms with Crippen molar-refractivity contribution in [3.63, 3.8) is 0 Å². The van der Waals surface area contributed by atoms with Crippen molar-refractivity contribution in [2.24, 2.45) is 0 Å². The third-order valence-electron chi connectivity index (χ3n) is 3.42. The zero-order chi connectivity index (χ0) is 18.8. The van der Waals surface area contributed by atoms with E-state index in [0.29, 0.717) is 11.5 Å². The molecular formula is C16H16Br4O4Te. The molecule has 25 heavy (non-hydrogen) atoms. The quantitative estimate of drug-likeness (QED) is 0.410. The molecule has 0 atom stereocenters. The second-order valence-corrected chi connectivity index (χ2v) is 30.3. The molecular weight excluding hydrogens is 703 g/mol. The van der Waals surface area contributed by atoms with Gasteiger partial charge in [-0.05, 0) is 0 Å². The van der Waals surface area contributed by atoms with E-state index in [1.807, 2.05) is 24.3 Å². The number of methoxy groups -OCH3 is 4. The fourth-order valence-electron chi connectivity index (χ4n) is 2.33. The predicted molar refractivity (Wildman–Crippen MR) is 117 cm³/mol. The van der Waals surface area contributed by atoms with Crippen LogP contribution in [0.15, 0.2) is 33.2 Å². The molecule has 2 rings (SSSR count). The Labute approximate surface area is 180 Å². The van der Waals surface area contributed by atoms with Gasteiger partial charge in [-0.1, -0.05) is 0 Å². The monoisotopic (exact) mass is 718 g/mol. The molecule has 0 aliphatic heterocycles. The van der Waals surface area contributed by atoms with E-state index in [1.54, 1.807) is 28.4 Å². The number of hydrogen-bond acceptors (Lipinski definition) is 4. The first-order chi connectivity index (χ1) is 11.8. The van der Waals surface area contributed by atoms with Gasteiger partial charge >= 0.3 is 182 Å². The first-order valence-corrected chi connectivity index (χ1v) is 21.2. The van der Waals surface area contributed by atoms with Gasteiger partial charge in [-0.25, -0.2) is 0 Å². The molecule has 2 aromatic carbocycles. The van der Waals surface area contributed by atoms with Gasteiger partial charge < -0.3 is 0 Å². The summed E-state index contributed by atoms with van der Waals surface area (Å²) in [5.74, 6) is 2.86. The van der Waals surface area contributed by atoms with Crippen molar-refractivity contribution in [3.05, 3.63) is 33.2 Å². The Balaban J connectivity index is 2.89. The number of ether oxygens (including phenoxy) is 4. The minimum absolute atomic E-state index is 0.707. The SMILES string of the molecule is COc1ccc(Br)c(OC)c1[Te](Br)(Br)c1c(OC)ccc(Br)c1OC. The topological polar surface area (TPSA) is 36.9 Å². The molecule has 0 N–H and O–H groups in total. The molecule has 0 aliphatic rings. The fourth-order valence-corrected chi connectivity index (χ4v) is 17.7. The molecule has 0 amide bonds. The molecule has 0 aliphatic carbocycles. The third kappa shape index (κ3) is 4.12. The zero-order valence-electron chi connectivity index (χ0n) is 13.9. The van der Waals surface area contributed by atoms with E-state index in [2.05, 4.69) is 57.4 Å². The molecule has 0 fully saturated rings. The predicted octanol–water partition coefficient (Wildman–Crippen LogP) is 4.59. The summed E-state index contributed by atoms with van der Waals surface area (Å²) in [6, 6.07) is 7.61. The number of halogens is 4. The summed E-state index contributed by atoms with van der Waals surface area (Å²) in [6.07, 6.45) is 0. The molecule has 0 saturated heterocycles. The summed E-state index contributed by atoms with van der Waals surface area (Å²) in [4.78, 5) is 0. The van der Waals surface area contributed by atoms with Crippen LogP contribution in [0.1, 0.15) is 0 Å². The van der Waals surface area contributed by atoms with E-state index in [9.17, 15) is 0 Å². The van der Waals surface area contributed by atoms with E-state index in [0.717, 1.165) is 27.7 Å². The maximum absolute atomic E-state index is 5.67. The van der Waals surface area contributed by atoms with Crippen LogP contribution in [0, 0.1) is 0 Å². The van der Waals surface area contributed by atoms with Crippen LogP contribution in [-0.2, 0) is 0 Å². The first-order valence-electron chi connectivity index (χ1n) is 6.87. The van der Waals surface area contributed by atoms with E-state index in [4.69, 9.17) is 18.9 Å². The van der Waals surface area contributed by atoms with Gasteiger partial charge in [0, 0.05) is 0 Å².